The van der Waals surface area contributed by atoms with Crippen molar-refractivity contribution in [1.29, 1.82) is 0 Å². The van der Waals surface area contributed by atoms with Crippen molar-refractivity contribution in [3.05, 3.63) is 35.6 Å². The van der Waals surface area contributed by atoms with Crippen LogP contribution in [0.3, 0.4) is 0 Å². The number of morpholine rings is 1. The van der Waals surface area contributed by atoms with Gasteiger partial charge in [-0.05, 0) is 30.5 Å². The molecule has 0 aromatic heterocycles. The van der Waals surface area contributed by atoms with Crippen LogP contribution >= 0.6 is 0 Å². The molecule has 5 heteroatoms. The van der Waals surface area contributed by atoms with Crippen LogP contribution in [0.2, 0.25) is 0 Å². The van der Waals surface area contributed by atoms with Crippen molar-refractivity contribution in [2.75, 3.05) is 32.8 Å². The lowest BCUT2D eigenvalue weighted by Gasteiger charge is -2.35. The Morgan fingerprint density at radius 2 is 1.95 bits per heavy atom. The minimum atomic E-state index is -0.233. The van der Waals surface area contributed by atoms with Crippen LogP contribution in [0, 0.1) is 11.7 Å². The molecule has 1 atom stereocenters. The van der Waals surface area contributed by atoms with Crippen molar-refractivity contribution in [3.8, 4) is 0 Å². The minimum Gasteiger partial charge on any atom is -0.379 e. The van der Waals surface area contributed by atoms with Gasteiger partial charge in [-0.25, -0.2) is 4.39 Å². The van der Waals surface area contributed by atoms with Gasteiger partial charge in [0.1, 0.15) is 5.82 Å². The van der Waals surface area contributed by atoms with Gasteiger partial charge in [0.05, 0.1) is 19.3 Å². The van der Waals surface area contributed by atoms with E-state index in [-0.39, 0.29) is 23.7 Å². The minimum absolute atomic E-state index is 0.0773. The second kappa shape index (κ2) is 7.20. The first-order chi connectivity index (χ1) is 10.7. The van der Waals surface area contributed by atoms with Crippen LogP contribution in [0.5, 0.6) is 0 Å². The van der Waals surface area contributed by atoms with Gasteiger partial charge in [-0.1, -0.05) is 18.6 Å². The average molecular weight is 306 g/mol. The highest BCUT2D eigenvalue weighted by molar-refractivity contribution is 5.79. The average Bonchev–Trinajstić information content (AvgIpc) is 2.48. The summed E-state index contributed by atoms with van der Waals surface area (Å²) in [5, 5.41) is 3.08. The summed E-state index contributed by atoms with van der Waals surface area (Å²) < 4.78 is 18.6. The van der Waals surface area contributed by atoms with E-state index < -0.39 is 0 Å². The van der Waals surface area contributed by atoms with Crippen LogP contribution in [-0.4, -0.2) is 43.7 Å². The van der Waals surface area contributed by atoms with Crippen LogP contribution in [0.4, 0.5) is 4.39 Å². The molecule has 1 aromatic carbocycles. The molecule has 1 aliphatic heterocycles. The largest absolute Gasteiger partial charge is 0.379 e. The highest BCUT2D eigenvalue weighted by Gasteiger charge is 2.27. The van der Waals surface area contributed by atoms with E-state index >= 15 is 0 Å². The first kappa shape index (κ1) is 15.4. The number of nitrogens with one attached hydrogen (secondary N) is 1. The lowest BCUT2D eigenvalue weighted by Crippen LogP contribution is -2.45. The van der Waals surface area contributed by atoms with Gasteiger partial charge < -0.3 is 10.1 Å². The SMILES string of the molecule is O=C(NC[C@@H](c1ccc(F)cc1)N1CCOCC1)C1CCC1. The number of hydrogen-bond acceptors (Lipinski definition) is 3. The van der Waals surface area contributed by atoms with Crippen LogP contribution in [0.25, 0.3) is 0 Å². The zero-order valence-electron chi connectivity index (χ0n) is 12.8. The van der Waals surface area contributed by atoms with E-state index in [1.807, 2.05) is 12.1 Å². The Labute approximate surface area is 130 Å². The summed E-state index contributed by atoms with van der Waals surface area (Å²) in [6.45, 7) is 3.65. The Kier molecular flexibility index (Phi) is 5.05. The Hall–Kier alpha value is -1.46. The van der Waals surface area contributed by atoms with Crippen molar-refractivity contribution >= 4 is 5.91 Å². The summed E-state index contributed by atoms with van der Waals surface area (Å²) in [7, 11) is 0. The number of carbonyl (C=O) groups is 1. The molecule has 0 bridgehead atoms. The number of nitrogens with zero attached hydrogens (tertiary/aromatic N) is 1. The molecule has 0 spiro atoms. The number of halogens is 1. The molecule has 120 valence electrons. The zero-order valence-corrected chi connectivity index (χ0v) is 12.8. The van der Waals surface area contributed by atoms with E-state index in [9.17, 15) is 9.18 Å². The Morgan fingerprint density at radius 3 is 2.55 bits per heavy atom. The third-order valence-corrected chi connectivity index (χ3v) is 4.69. The second-order valence-electron chi connectivity index (χ2n) is 6.09. The molecule has 1 N–H and O–H groups in total. The molecule has 0 radical (unpaired) electrons. The van der Waals surface area contributed by atoms with Crippen molar-refractivity contribution in [2.45, 2.75) is 25.3 Å². The smallest absolute Gasteiger partial charge is 0.223 e. The lowest BCUT2D eigenvalue weighted by molar-refractivity contribution is -0.127. The van der Waals surface area contributed by atoms with Crippen molar-refractivity contribution in [1.82, 2.24) is 10.2 Å². The van der Waals surface area contributed by atoms with Crippen LogP contribution < -0.4 is 5.32 Å². The predicted molar refractivity (Wildman–Crippen MR) is 81.9 cm³/mol. The number of ether oxygens (including phenoxy) is 1. The van der Waals surface area contributed by atoms with Crippen molar-refractivity contribution in [3.63, 3.8) is 0 Å². The maximum Gasteiger partial charge on any atom is 0.223 e. The Bertz CT molecular complexity index is 496. The van der Waals surface area contributed by atoms with E-state index in [1.54, 1.807) is 0 Å². The summed E-state index contributed by atoms with van der Waals surface area (Å²) in [6.07, 6.45) is 3.16. The third-order valence-electron chi connectivity index (χ3n) is 4.69. The normalized spacial score (nSPS) is 21.1. The topological polar surface area (TPSA) is 41.6 Å². The molecule has 1 saturated carbocycles. The van der Waals surface area contributed by atoms with Gasteiger partial charge in [-0.3, -0.25) is 9.69 Å². The Morgan fingerprint density at radius 1 is 1.27 bits per heavy atom. The number of carbonyl (C=O) groups excluding carboxylic acids is 1. The first-order valence-corrected chi connectivity index (χ1v) is 8.09. The van der Waals surface area contributed by atoms with Gasteiger partial charge in [0.15, 0.2) is 0 Å². The van der Waals surface area contributed by atoms with Crippen LogP contribution in [-0.2, 0) is 9.53 Å². The van der Waals surface area contributed by atoms with Gasteiger partial charge in [0, 0.05) is 25.6 Å². The predicted octanol–water partition coefficient (Wildman–Crippen LogP) is 2.12. The molecule has 0 unspecified atom stereocenters. The van der Waals surface area contributed by atoms with E-state index in [0.29, 0.717) is 19.8 Å². The molecule has 2 fully saturated rings. The molecule has 2 aliphatic rings. The van der Waals surface area contributed by atoms with E-state index in [2.05, 4.69) is 10.2 Å². The molecule has 22 heavy (non-hydrogen) atoms. The number of hydrogen-bond donors (Lipinski definition) is 1. The summed E-state index contributed by atoms with van der Waals surface area (Å²) in [4.78, 5) is 14.4. The van der Waals surface area contributed by atoms with E-state index in [1.165, 1.54) is 12.1 Å². The molecule has 1 amide bonds. The molecule has 1 saturated heterocycles. The molecule has 1 heterocycles. The third kappa shape index (κ3) is 3.65. The first-order valence-electron chi connectivity index (χ1n) is 8.09. The molecule has 3 rings (SSSR count). The fourth-order valence-corrected chi connectivity index (χ4v) is 3.04. The fraction of sp³-hybridized carbons (Fsp3) is 0.588. The van der Waals surface area contributed by atoms with Crippen LogP contribution in [0.1, 0.15) is 30.9 Å². The van der Waals surface area contributed by atoms with Gasteiger partial charge in [-0.2, -0.15) is 0 Å². The number of amides is 1. The molecule has 1 aromatic rings. The van der Waals surface area contributed by atoms with E-state index in [0.717, 1.165) is 37.9 Å². The van der Waals surface area contributed by atoms with Gasteiger partial charge >= 0.3 is 0 Å². The summed E-state index contributed by atoms with van der Waals surface area (Å²) in [6, 6.07) is 6.66. The van der Waals surface area contributed by atoms with Gasteiger partial charge in [0.2, 0.25) is 5.91 Å². The van der Waals surface area contributed by atoms with Crippen molar-refractivity contribution < 1.29 is 13.9 Å². The van der Waals surface area contributed by atoms with Gasteiger partial charge in [-0.15, -0.1) is 0 Å². The molecular formula is C17H23FN2O2. The fourth-order valence-electron chi connectivity index (χ4n) is 3.04. The molecule has 1 aliphatic carbocycles. The van der Waals surface area contributed by atoms with Gasteiger partial charge in [0.25, 0.3) is 0 Å². The maximum atomic E-state index is 13.2. The standard InChI is InChI=1S/C17H23FN2O2/c18-15-6-4-13(5-7-15)16(20-8-10-22-11-9-20)12-19-17(21)14-2-1-3-14/h4-7,14,16H,1-3,8-12H2,(H,19,21)/t16-/m0/s1. The summed E-state index contributed by atoms with van der Waals surface area (Å²) in [5.41, 5.74) is 1.04. The zero-order chi connectivity index (χ0) is 15.4. The molecular weight excluding hydrogens is 283 g/mol. The quantitative estimate of drug-likeness (QED) is 0.906. The Balaban J connectivity index is 1.67. The number of benzene rings is 1. The van der Waals surface area contributed by atoms with Crippen LogP contribution in [0.15, 0.2) is 24.3 Å². The maximum absolute atomic E-state index is 13.2. The van der Waals surface area contributed by atoms with E-state index in [4.69, 9.17) is 4.74 Å². The summed E-state index contributed by atoms with van der Waals surface area (Å²) >= 11 is 0. The number of rotatable bonds is 5. The second-order valence-corrected chi connectivity index (χ2v) is 6.09. The van der Waals surface area contributed by atoms with Crippen molar-refractivity contribution in [2.24, 2.45) is 5.92 Å². The highest BCUT2D eigenvalue weighted by atomic mass is 19.1. The monoisotopic (exact) mass is 306 g/mol. The highest BCUT2D eigenvalue weighted by Crippen LogP contribution is 2.27. The lowest BCUT2D eigenvalue weighted by atomic mass is 9.85. The molecule has 4 nitrogen and oxygen atoms in total. The summed E-state index contributed by atoms with van der Waals surface area (Å²) in [5.74, 6) is 0.119.